The maximum absolute atomic E-state index is 12.9. The first-order valence-corrected chi connectivity index (χ1v) is 10.1. The number of methoxy groups -OCH3 is 1. The minimum Gasteiger partial charge on any atom is -0.493 e. The number of aromatic nitrogens is 1. The van der Waals surface area contributed by atoms with E-state index in [0.717, 1.165) is 17.4 Å². The van der Waals surface area contributed by atoms with Crippen LogP contribution in [0.15, 0.2) is 24.3 Å². The number of fused-ring (bicyclic) bond motifs is 1. The normalized spacial score (nSPS) is 11.6. The molecule has 1 aromatic carbocycles. The lowest BCUT2D eigenvalue weighted by Gasteiger charge is -2.13. The minimum absolute atomic E-state index is 0.149. The smallest absolute Gasteiger partial charge is 0.433 e. The van der Waals surface area contributed by atoms with Gasteiger partial charge in [0.2, 0.25) is 0 Å². The molecule has 0 spiro atoms. The fourth-order valence-electron chi connectivity index (χ4n) is 2.90. The molecule has 0 radical (unpaired) electrons. The molecule has 3 aromatic rings. The van der Waals surface area contributed by atoms with Gasteiger partial charge in [-0.15, -0.1) is 11.3 Å². The van der Waals surface area contributed by atoms with Crippen molar-refractivity contribution in [2.45, 2.75) is 26.6 Å². The van der Waals surface area contributed by atoms with Gasteiger partial charge < -0.3 is 14.8 Å². The monoisotopic (exact) mass is 458 g/mol. The molecule has 160 valence electrons. The van der Waals surface area contributed by atoms with Gasteiger partial charge in [-0.05, 0) is 49.2 Å². The molecular weight excluding hydrogens is 441 g/mol. The van der Waals surface area contributed by atoms with Gasteiger partial charge in [-0.3, -0.25) is 4.79 Å². The lowest BCUT2D eigenvalue weighted by atomic mass is 10.1. The van der Waals surface area contributed by atoms with E-state index in [-0.39, 0.29) is 11.4 Å². The molecule has 10 heteroatoms. The zero-order chi connectivity index (χ0) is 22.1. The molecule has 0 fully saturated rings. The van der Waals surface area contributed by atoms with E-state index < -0.39 is 17.8 Å². The Kier molecular flexibility index (Phi) is 6.42. The summed E-state index contributed by atoms with van der Waals surface area (Å²) in [4.78, 5) is 16.8. The Morgan fingerprint density at radius 3 is 2.67 bits per heavy atom. The molecule has 0 unspecified atom stereocenters. The summed E-state index contributed by atoms with van der Waals surface area (Å²) in [7, 11) is 1.49. The number of benzene rings is 1. The van der Waals surface area contributed by atoms with E-state index in [2.05, 4.69) is 10.3 Å². The highest BCUT2D eigenvalue weighted by molar-refractivity contribution is 7.20. The number of hydrogen-bond acceptors (Lipinski definition) is 5. The Morgan fingerprint density at radius 2 is 2.03 bits per heavy atom. The first-order valence-electron chi connectivity index (χ1n) is 8.90. The molecule has 0 bridgehead atoms. The van der Waals surface area contributed by atoms with Gasteiger partial charge in [0, 0.05) is 11.9 Å². The third-order valence-corrected chi connectivity index (χ3v) is 5.81. The molecule has 2 aromatic heterocycles. The molecule has 0 aliphatic carbocycles. The third-order valence-electron chi connectivity index (χ3n) is 4.33. The first-order chi connectivity index (χ1) is 14.2. The van der Waals surface area contributed by atoms with Crippen LogP contribution in [-0.4, -0.2) is 24.6 Å². The zero-order valence-electron chi connectivity index (χ0n) is 16.3. The van der Waals surface area contributed by atoms with Crippen LogP contribution in [0.4, 0.5) is 13.2 Å². The molecule has 0 atom stereocenters. The average Bonchev–Trinajstić information content (AvgIpc) is 3.03. The van der Waals surface area contributed by atoms with Crippen molar-refractivity contribution in [3.8, 4) is 11.5 Å². The van der Waals surface area contributed by atoms with Crippen LogP contribution in [0.25, 0.3) is 10.2 Å². The highest BCUT2D eigenvalue weighted by Gasteiger charge is 2.33. The Hall–Kier alpha value is -2.52. The topological polar surface area (TPSA) is 60.5 Å². The first kappa shape index (κ1) is 22.2. The predicted molar refractivity (Wildman–Crippen MR) is 110 cm³/mol. The van der Waals surface area contributed by atoms with Crippen LogP contribution in [0.2, 0.25) is 5.02 Å². The molecular formula is C20H18ClF3N2O3S. The molecule has 1 amide bonds. The number of carbonyl (C=O) groups is 1. The third kappa shape index (κ3) is 4.46. The number of halogens is 4. The SMILES string of the molecule is CCOc1c(Cl)cc(CNC(=O)c2sc3nc(C(F)(F)F)ccc3c2C)cc1OC. The van der Waals surface area contributed by atoms with Crippen molar-refractivity contribution in [2.75, 3.05) is 13.7 Å². The van der Waals surface area contributed by atoms with Crippen LogP contribution in [0.1, 0.15) is 33.4 Å². The van der Waals surface area contributed by atoms with Crippen LogP contribution in [0, 0.1) is 6.92 Å². The lowest BCUT2D eigenvalue weighted by molar-refractivity contribution is -0.140. The van der Waals surface area contributed by atoms with Gasteiger partial charge in [-0.2, -0.15) is 13.2 Å². The number of nitrogens with zero attached hydrogens (tertiary/aromatic N) is 1. The lowest BCUT2D eigenvalue weighted by Crippen LogP contribution is -2.22. The van der Waals surface area contributed by atoms with Crippen molar-refractivity contribution >= 4 is 39.1 Å². The molecule has 30 heavy (non-hydrogen) atoms. The summed E-state index contributed by atoms with van der Waals surface area (Å²) in [5, 5.41) is 3.63. The Balaban J connectivity index is 1.82. The summed E-state index contributed by atoms with van der Waals surface area (Å²) in [5.41, 5.74) is 0.278. The average molecular weight is 459 g/mol. The van der Waals surface area contributed by atoms with E-state index in [9.17, 15) is 18.0 Å². The number of rotatable bonds is 6. The molecule has 3 rings (SSSR count). The Labute approximate surface area is 179 Å². The number of pyridine rings is 1. The van der Waals surface area contributed by atoms with Gasteiger partial charge in [0.1, 0.15) is 10.5 Å². The van der Waals surface area contributed by atoms with Crippen molar-refractivity contribution in [3.05, 3.63) is 51.0 Å². The van der Waals surface area contributed by atoms with E-state index in [1.165, 1.54) is 13.2 Å². The van der Waals surface area contributed by atoms with Crippen molar-refractivity contribution in [2.24, 2.45) is 0 Å². The maximum Gasteiger partial charge on any atom is 0.433 e. The van der Waals surface area contributed by atoms with E-state index in [4.69, 9.17) is 21.1 Å². The van der Waals surface area contributed by atoms with Gasteiger partial charge in [-0.25, -0.2) is 4.98 Å². The van der Waals surface area contributed by atoms with Gasteiger partial charge >= 0.3 is 6.18 Å². The number of ether oxygens (including phenoxy) is 2. The van der Waals surface area contributed by atoms with Crippen LogP contribution in [0.3, 0.4) is 0 Å². The van der Waals surface area contributed by atoms with Gasteiger partial charge in [-0.1, -0.05) is 11.6 Å². The number of alkyl halides is 3. The molecule has 0 aliphatic rings. The Morgan fingerprint density at radius 1 is 1.30 bits per heavy atom. The molecule has 0 saturated heterocycles. The summed E-state index contributed by atoms with van der Waals surface area (Å²) >= 11 is 7.16. The van der Waals surface area contributed by atoms with E-state index >= 15 is 0 Å². The Bertz CT molecular complexity index is 1100. The quantitative estimate of drug-likeness (QED) is 0.521. The maximum atomic E-state index is 12.9. The fraction of sp³-hybridized carbons (Fsp3) is 0.300. The molecule has 1 N–H and O–H groups in total. The molecule has 0 aliphatic heterocycles. The highest BCUT2D eigenvalue weighted by atomic mass is 35.5. The number of amides is 1. The second-order valence-corrected chi connectivity index (χ2v) is 7.73. The van der Waals surface area contributed by atoms with Crippen LogP contribution in [0.5, 0.6) is 11.5 Å². The highest BCUT2D eigenvalue weighted by Crippen LogP contribution is 2.37. The van der Waals surface area contributed by atoms with Crippen LogP contribution < -0.4 is 14.8 Å². The second kappa shape index (κ2) is 8.69. The number of thiophene rings is 1. The number of hydrogen-bond donors (Lipinski definition) is 1. The van der Waals surface area contributed by atoms with Gasteiger partial charge in [0.05, 0.1) is 23.6 Å². The summed E-state index contributed by atoms with van der Waals surface area (Å²) in [5.74, 6) is 0.451. The number of carbonyl (C=O) groups excluding carboxylic acids is 1. The van der Waals surface area contributed by atoms with Crippen molar-refractivity contribution in [1.82, 2.24) is 10.3 Å². The standard InChI is InChI=1S/C20H18ClF3N2O3S/c1-4-29-16-13(21)7-11(8-14(16)28-3)9-25-18(27)17-10(2)12-5-6-15(20(22,23)24)26-19(12)30-17/h5-8H,4,9H2,1-3H3,(H,25,27). The van der Waals surface area contributed by atoms with E-state index in [1.54, 1.807) is 19.1 Å². The van der Waals surface area contributed by atoms with Crippen molar-refractivity contribution in [3.63, 3.8) is 0 Å². The van der Waals surface area contributed by atoms with Crippen molar-refractivity contribution in [1.29, 1.82) is 0 Å². The molecule has 5 nitrogen and oxygen atoms in total. The number of nitrogens with one attached hydrogen (secondary N) is 1. The summed E-state index contributed by atoms with van der Waals surface area (Å²) in [6.07, 6.45) is -4.54. The van der Waals surface area contributed by atoms with E-state index in [1.807, 2.05) is 6.92 Å². The van der Waals surface area contributed by atoms with Gasteiger partial charge in [0.15, 0.2) is 11.5 Å². The molecule has 2 heterocycles. The second-order valence-electron chi connectivity index (χ2n) is 6.33. The summed E-state index contributed by atoms with van der Waals surface area (Å²) < 4.78 is 49.4. The minimum atomic E-state index is -4.54. The zero-order valence-corrected chi connectivity index (χ0v) is 17.9. The van der Waals surface area contributed by atoms with E-state index in [0.29, 0.717) is 44.5 Å². The largest absolute Gasteiger partial charge is 0.493 e. The molecule has 0 saturated carbocycles. The fourth-order valence-corrected chi connectivity index (χ4v) is 4.28. The van der Waals surface area contributed by atoms with Gasteiger partial charge in [0.25, 0.3) is 5.91 Å². The van der Waals surface area contributed by atoms with Crippen molar-refractivity contribution < 1.29 is 27.4 Å². The summed E-state index contributed by atoms with van der Waals surface area (Å²) in [6, 6.07) is 5.61. The predicted octanol–water partition coefficient (Wildman–Crippen LogP) is 5.61. The van der Waals surface area contributed by atoms with Crippen LogP contribution in [-0.2, 0) is 12.7 Å². The van der Waals surface area contributed by atoms with Crippen LogP contribution >= 0.6 is 22.9 Å². The number of aryl methyl sites for hydroxylation is 1. The summed E-state index contributed by atoms with van der Waals surface area (Å²) in [6.45, 7) is 4.07.